The second kappa shape index (κ2) is 13.6. The lowest BCUT2D eigenvalue weighted by molar-refractivity contribution is -0.128. The predicted octanol–water partition coefficient (Wildman–Crippen LogP) is 3.02. The normalized spacial score (nSPS) is 11.4. The summed E-state index contributed by atoms with van der Waals surface area (Å²) in [6.07, 6.45) is 6.57. The van der Waals surface area contributed by atoms with E-state index in [2.05, 4.69) is 34.0 Å². The number of nitrogens with zero attached hydrogens (tertiary/aromatic N) is 2. The van der Waals surface area contributed by atoms with Crippen molar-refractivity contribution in [1.82, 2.24) is 15.5 Å². The van der Waals surface area contributed by atoms with Crippen LogP contribution in [0.3, 0.4) is 0 Å². The number of unbranched alkanes of at least 4 members (excludes halogenated alkanes) is 3. The van der Waals surface area contributed by atoms with Crippen molar-refractivity contribution in [3.05, 3.63) is 12.7 Å². The first-order valence-electron chi connectivity index (χ1n) is 8.21. The van der Waals surface area contributed by atoms with Crippen molar-refractivity contribution < 1.29 is 4.79 Å². The van der Waals surface area contributed by atoms with Crippen LogP contribution in [-0.2, 0) is 4.79 Å². The Morgan fingerprint density at radius 2 is 1.96 bits per heavy atom. The molecule has 6 heteroatoms. The molecule has 0 aliphatic rings. The van der Waals surface area contributed by atoms with Gasteiger partial charge >= 0.3 is 0 Å². The molecule has 0 saturated carbocycles. The van der Waals surface area contributed by atoms with Gasteiger partial charge in [0.2, 0.25) is 5.91 Å². The van der Waals surface area contributed by atoms with Crippen molar-refractivity contribution in [2.24, 2.45) is 10.4 Å². The molecule has 0 fully saturated rings. The number of rotatable bonds is 10. The van der Waals surface area contributed by atoms with Gasteiger partial charge in [-0.3, -0.25) is 9.79 Å². The highest BCUT2D eigenvalue weighted by Gasteiger charge is 2.26. The maximum atomic E-state index is 11.8. The van der Waals surface area contributed by atoms with Crippen LogP contribution in [0.2, 0.25) is 0 Å². The molecule has 0 aromatic rings. The minimum atomic E-state index is -0.500. The molecule has 5 nitrogen and oxygen atoms in total. The van der Waals surface area contributed by atoms with Crippen molar-refractivity contribution in [3.63, 3.8) is 0 Å². The first-order chi connectivity index (χ1) is 10.4. The first-order valence-corrected chi connectivity index (χ1v) is 8.21. The third-order valence-corrected chi connectivity index (χ3v) is 3.56. The topological polar surface area (TPSA) is 56.7 Å². The van der Waals surface area contributed by atoms with Gasteiger partial charge in [-0.15, -0.1) is 30.6 Å². The smallest absolute Gasteiger partial charge is 0.227 e. The number of amides is 1. The number of carbonyl (C=O) groups is 1. The Morgan fingerprint density at radius 3 is 2.48 bits per heavy atom. The summed E-state index contributed by atoms with van der Waals surface area (Å²) in [5, 5.41) is 5.99. The highest BCUT2D eigenvalue weighted by molar-refractivity contribution is 14.0. The van der Waals surface area contributed by atoms with Crippen LogP contribution in [0, 0.1) is 5.41 Å². The van der Waals surface area contributed by atoms with Gasteiger partial charge in [-0.05, 0) is 40.0 Å². The fourth-order valence-corrected chi connectivity index (χ4v) is 2.07. The van der Waals surface area contributed by atoms with Gasteiger partial charge in [-0.2, -0.15) is 0 Å². The van der Waals surface area contributed by atoms with E-state index in [9.17, 15) is 4.79 Å². The number of halogens is 1. The Balaban J connectivity index is 0. The van der Waals surface area contributed by atoms with E-state index in [0.717, 1.165) is 31.9 Å². The van der Waals surface area contributed by atoms with E-state index >= 15 is 0 Å². The molecule has 136 valence electrons. The lowest BCUT2D eigenvalue weighted by atomic mass is 9.93. The Kier molecular flexibility index (Phi) is 14.5. The Morgan fingerprint density at radius 1 is 1.30 bits per heavy atom. The highest BCUT2D eigenvalue weighted by Crippen LogP contribution is 2.15. The third kappa shape index (κ3) is 10.6. The van der Waals surface area contributed by atoms with Gasteiger partial charge in [-0.1, -0.05) is 12.5 Å². The van der Waals surface area contributed by atoms with E-state index in [0.29, 0.717) is 6.54 Å². The minimum absolute atomic E-state index is 0. The van der Waals surface area contributed by atoms with Gasteiger partial charge in [0.05, 0.1) is 12.0 Å². The van der Waals surface area contributed by atoms with Gasteiger partial charge in [0.1, 0.15) is 0 Å². The zero-order valence-corrected chi connectivity index (χ0v) is 17.8. The van der Waals surface area contributed by atoms with Gasteiger partial charge in [0.15, 0.2) is 5.96 Å². The fourth-order valence-electron chi connectivity index (χ4n) is 2.07. The number of guanidine groups is 1. The number of nitrogens with one attached hydrogen (secondary N) is 2. The van der Waals surface area contributed by atoms with Crippen LogP contribution < -0.4 is 10.6 Å². The Hall–Kier alpha value is -0.790. The summed E-state index contributed by atoms with van der Waals surface area (Å²) in [5.41, 5.74) is -0.500. The highest BCUT2D eigenvalue weighted by atomic mass is 127. The summed E-state index contributed by atoms with van der Waals surface area (Å²) in [5.74, 6) is 0.877. The molecule has 0 bridgehead atoms. The van der Waals surface area contributed by atoms with E-state index in [4.69, 9.17) is 0 Å². The molecule has 0 spiro atoms. The standard InChI is InChI=1S/C17H34N4O.HI/c1-7-9-10-11-12-13-21(6)16(19-8-2)20-14-17(3,4)15(22)18-5;/h7H,1,8-14H2,2-6H3,(H,18,22)(H,19,20);1H. The van der Waals surface area contributed by atoms with Crippen molar-refractivity contribution in [2.75, 3.05) is 33.7 Å². The van der Waals surface area contributed by atoms with Crippen LogP contribution in [0.15, 0.2) is 17.6 Å². The molecule has 1 amide bonds. The van der Waals surface area contributed by atoms with Gasteiger partial charge < -0.3 is 15.5 Å². The van der Waals surface area contributed by atoms with Crippen molar-refractivity contribution >= 4 is 35.8 Å². The Labute approximate surface area is 159 Å². The van der Waals surface area contributed by atoms with Crippen LogP contribution in [0.1, 0.15) is 46.5 Å². The molecule has 0 heterocycles. The molecular weight excluding hydrogens is 403 g/mol. The van der Waals surface area contributed by atoms with Crippen molar-refractivity contribution in [3.8, 4) is 0 Å². The van der Waals surface area contributed by atoms with Gasteiger partial charge in [0.25, 0.3) is 0 Å². The number of hydrogen-bond donors (Lipinski definition) is 2. The molecule has 2 N–H and O–H groups in total. The quantitative estimate of drug-likeness (QED) is 0.181. The van der Waals surface area contributed by atoms with Crippen LogP contribution in [0.4, 0.5) is 0 Å². The average molecular weight is 438 g/mol. The third-order valence-electron chi connectivity index (χ3n) is 3.56. The van der Waals surface area contributed by atoms with Crippen molar-refractivity contribution in [2.45, 2.75) is 46.5 Å². The molecule has 0 aromatic carbocycles. The maximum Gasteiger partial charge on any atom is 0.227 e. The van der Waals surface area contributed by atoms with Crippen LogP contribution in [0.25, 0.3) is 0 Å². The van der Waals surface area contributed by atoms with Crippen molar-refractivity contribution in [1.29, 1.82) is 0 Å². The van der Waals surface area contributed by atoms with E-state index in [1.165, 1.54) is 12.8 Å². The summed E-state index contributed by atoms with van der Waals surface area (Å²) in [4.78, 5) is 18.6. The summed E-state index contributed by atoms with van der Waals surface area (Å²) in [7, 11) is 3.70. The largest absolute Gasteiger partial charge is 0.359 e. The lowest BCUT2D eigenvalue weighted by Crippen LogP contribution is -2.42. The molecule has 0 saturated heterocycles. The number of allylic oxidation sites excluding steroid dienone is 1. The fraction of sp³-hybridized carbons (Fsp3) is 0.765. The predicted molar refractivity (Wildman–Crippen MR) is 111 cm³/mol. The monoisotopic (exact) mass is 438 g/mol. The second-order valence-electron chi connectivity index (χ2n) is 6.19. The average Bonchev–Trinajstić information content (AvgIpc) is 2.50. The molecule has 0 aliphatic heterocycles. The SMILES string of the molecule is C=CCCCCCN(C)C(=NCC(C)(C)C(=O)NC)NCC.I. The summed E-state index contributed by atoms with van der Waals surface area (Å²) >= 11 is 0. The molecule has 0 aromatic heterocycles. The molecule has 0 radical (unpaired) electrons. The summed E-state index contributed by atoms with van der Waals surface area (Å²) in [6, 6.07) is 0. The summed E-state index contributed by atoms with van der Waals surface area (Å²) in [6.45, 7) is 11.9. The van der Waals surface area contributed by atoms with E-state index in [1.54, 1.807) is 7.05 Å². The second-order valence-corrected chi connectivity index (χ2v) is 6.19. The summed E-state index contributed by atoms with van der Waals surface area (Å²) < 4.78 is 0. The van der Waals surface area contributed by atoms with Crippen LogP contribution in [0.5, 0.6) is 0 Å². The molecule has 0 aliphatic carbocycles. The van der Waals surface area contributed by atoms with E-state index in [1.807, 2.05) is 27.0 Å². The Bertz CT molecular complexity index is 370. The van der Waals surface area contributed by atoms with E-state index in [-0.39, 0.29) is 29.9 Å². The van der Waals surface area contributed by atoms with Gasteiger partial charge in [0, 0.05) is 27.2 Å². The van der Waals surface area contributed by atoms with Crippen LogP contribution >= 0.6 is 24.0 Å². The first kappa shape index (κ1) is 24.5. The molecular formula is C17H35IN4O. The molecule has 0 atom stereocenters. The zero-order chi connectivity index (χ0) is 17.0. The maximum absolute atomic E-state index is 11.8. The molecule has 0 unspecified atom stereocenters. The van der Waals surface area contributed by atoms with Gasteiger partial charge in [-0.25, -0.2) is 0 Å². The number of hydrogen-bond acceptors (Lipinski definition) is 2. The van der Waals surface area contributed by atoms with Crippen LogP contribution in [-0.4, -0.2) is 50.5 Å². The number of aliphatic imine (C=N–C) groups is 1. The zero-order valence-electron chi connectivity index (χ0n) is 15.4. The van der Waals surface area contributed by atoms with E-state index < -0.39 is 5.41 Å². The molecule has 23 heavy (non-hydrogen) atoms. The lowest BCUT2D eigenvalue weighted by Gasteiger charge is -2.25. The number of carbonyl (C=O) groups excluding carboxylic acids is 1. The minimum Gasteiger partial charge on any atom is -0.359 e. The molecule has 0 rings (SSSR count).